The molecule has 2 aromatic heterocycles. The number of nitrogens with zero attached hydrogens (tertiary/aromatic N) is 3. The molecular formula is C26H16F3N3O. The van der Waals surface area contributed by atoms with E-state index in [9.17, 15) is 18.3 Å². The average Bonchev–Trinajstić information content (AvgIpc) is 2.83. The fourth-order valence-electron chi connectivity index (χ4n) is 3.69. The summed E-state index contributed by atoms with van der Waals surface area (Å²) < 4.78 is 39.1. The fraction of sp³-hybridized carbons (Fsp3) is 0.0385. The SMILES string of the molecule is Oc1ccccc1-c1ncc2c(-c3ccccc3)ncc(-c3ccc(C(F)(F)F)cc3)c2n1. The second-order valence-electron chi connectivity index (χ2n) is 7.43. The quantitative estimate of drug-likeness (QED) is 0.335. The van der Waals surface area contributed by atoms with Crippen LogP contribution < -0.4 is 0 Å². The Balaban J connectivity index is 1.75. The largest absolute Gasteiger partial charge is 0.507 e. The summed E-state index contributed by atoms with van der Waals surface area (Å²) in [5, 5.41) is 10.9. The van der Waals surface area contributed by atoms with E-state index < -0.39 is 11.7 Å². The van der Waals surface area contributed by atoms with Crippen LogP contribution in [0.2, 0.25) is 0 Å². The van der Waals surface area contributed by atoms with Crippen LogP contribution in [0, 0.1) is 0 Å². The zero-order valence-electron chi connectivity index (χ0n) is 17.1. The van der Waals surface area contributed by atoms with Crippen LogP contribution in [0.3, 0.4) is 0 Å². The first kappa shape index (κ1) is 20.6. The third-order valence-electron chi connectivity index (χ3n) is 5.34. The van der Waals surface area contributed by atoms with Crippen molar-refractivity contribution in [1.82, 2.24) is 15.0 Å². The minimum Gasteiger partial charge on any atom is -0.507 e. The maximum absolute atomic E-state index is 13.0. The van der Waals surface area contributed by atoms with Crippen LogP contribution in [0.5, 0.6) is 5.75 Å². The number of aromatic hydroxyl groups is 1. The number of aromatic nitrogens is 3. The highest BCUT2D eigenvalue weighted by Crippen LogP contribution is 2.36. The van der Waals surface area contributed by atoms with Gasteiger partial charge in [0.15, 0.2) is 5.82 Å². The van der Waals surface area contributed by atoms with Crippen LogP contribution in [0.4, 0.5) is 13.2 Å². The molecule has 5 aromatic rings. The van der Waals surface area contributed by atoms with Crippen molar-refractivity contribution in [2.75, 3.05) is 0 Å². The number of hydrogen-bond donors (Lipinski definition) is 1. The first-order chi connectivity index (χ1) is 15.9. The number of phenolic OH excluding ortho intramolecular Hbond substituents is 1. The first-order valence-electron chi connectivity index (χ1n) is 10.1. The summed E-state index contributed by atoms with van der Waals surface area (Å²) in [6.07, 6.45) is -1.18. The minimum atomic E-state index is -4.42. The number of fused-ring (bicyclic) bond motifs is 1. The molecule has 0 spiro atoms. The van der Waals surface area contributed by atoms with Crippen molar-refractivity contribution in [2.45, 2.75) is 6.18 Å². The van der Waals surface area contributed by atoms with Crippen molar-refractivity contribution in [3.8, 4) is 39.5 Å². The lowest BCUT2D eigenvalue weighted by Gasteiger charge is -2.13. The molecule has 0 aliphatic carbocycles. The average molecular weight is 443 g/mol. The molecule has 33 heavy (non-hydrogen) atoms. The Morgan fingerprint density at radius 3 is 2.06 bits per heavy atom. The van der Waals surface area contributed by atoms with Crippen LogP contribution in [0.25, 0.3) is 44.7 Å². The highest BCUT2D eigenvalue weighted by Gasteiger charge is 2.30. The van der Waals surface area contributed by atoms with Gasteiger partial charge >= 0.3 is 6.18 Å². The summed E-state index contributed by atoms with van der Waals surface area (Å²) in [5.41, 5.74) is 2.88. The van der Waals surface area contributed by atoms with Crippen molar-refractivity contribution in [3.63, 3.8) is 0 Å². The molecular weight excluding hydrogens is 427 g/mol. The normalized spacial score (nSPS) is 11.6. The molecule has 0 unspecified atom stereocenters. The molecule has 4 nitrogen and oxygen atoms in total. The summed E-state index contributed by atoms with van der Waals surface area (Å²) in [7, 11) is 0. The number of para-hydroxylation sites is 1. The number of alkyl halides is 3. The molecule has 2 heterocycles. The maximum Gasteiger partial charge on any atom is 0.416 e. The van der Waals surface area contributed by atoms with Gasteiger partial charge in [-0.1, -0.05) is 54.6 Å². The van der Waals surface area contributed by atoms with Crippen LogP contribution >= 0.6 is 0 Å². The lowest BCUT2D eigenvalue weighted by atomic mass is 10.00. The summed E-state index contributed by atoms with van der Waals surface area (Å²) in [6, 6.07) is 21.1. The highest BCUT2D eigenvalue weighted by atomic mass is 19.4. The van der Waals surface area contributed by atoms with Crippen LogP contribution in [-0.4, -0.2) is 20.1 Å². The highest BCUT2D eigenvalue weighted by molar-refractivity contribution is 6.01. The van der Waals surface area contributed by atoms with Gasteiger partial charge < -0.3 is 5.11 Å². The first-order valence-corrected chi connectivity index (χ1v) is 10.1. The summed E-state index contributed by atoms with van der Waals surface area (Å²) in [5.74, 6) is 0.337. The third-order valence-corrected chi connectivity index (χ3v) is 5.34. The topological polar surface area (TPSA) is 58.9 Å². The molecule has 0 fully saturated rings. The van der Waals surface area contributed by atoms with Gasteiger partial charge in [0.25, 0.3) is 0 Å². The van der Waals surface area contributed by atoms with E-state index in [0.717, 1.165) is 17.7 Å². The molecule has 7 heteroatoms. The second kappa shape index (κ2) is 8.02. The number of benzene rings is 3. The van der Waals surface area contributed by atoms with Gasteiger partial charge in [-0.15, -0.1) is 0 Å². The second-order valence-corrected chi connectivity index (χ2v) is 7.43. The number of rotatable bonds is 3. The van der Waals surface area contributed by atoms with Gasteiger partial charge in [-0.05, 0) is 29.8 Å². The van der Waals surface area contributed by atoms with Gasteiger partial charge in [0.05, 0.1) is 22.3 Å². The van der Waals surface area contributed by atoms with Crippen molar-refractivity contribution in [2.24, 2.45) is 0 Å². The Hall–Kier alpha value is -4.26. The van der Waals surface area contributed by atoms with Gasteiger partial charge in [0.2, 0.25) is 0 Å². The smallest absolute Gasteiger partial charge is 0.416 e. The lowest BCUT2D eigenvalue weighted by Crippen LogP contribution is -2.04. The van der Waals surface area contributed by atoms with E-state index in [-0.39, 0.29) is 5.75 Å². The Bertz CT molecular complexity index is 1450. The van der Waals surface area contributed by atoms with E-state index >= 15 is 0 Å². The number of phenols is 1. The molecule has 0 radical (unpaired) electrons. The number of pyridine rings is 1. The van der Waals surface area contributed by atoms with Gasteiger partial charge in [0, 0.05) is 28.9 Å². The molecule has 0 bridgehead atoms. The Morgan fingerprint density at radius 2 is 1.36 bits per heavy atom. The zero-order chi connectivity index (χ0) is 23.0. The van der Waals surface area contributed by atoms with Crippen LogP contribution in [0.1, 0.15) is 5.56 Å². The van der Waals surface area contributed by atoms with E-state index in [1.165, 1.54) is 12.1 Å². The van der Waals surface area contributed by atoms with Gasteiger partial charge in [-0.3, -0.25) is 4.98 Å². The molecule has 0 amide bonds. The predicted octanol–water partition coefficient (Wildman–Crippen LogP) is 6.75. The molecule has 0 aliphatic rings. The Morgan fingerprint density at radius 1 is 0.667 bits per heavy atom. The van der Waals surface area contributed by atoms with E-state index in [1.807, 2.05) is 30.3 Å². The molecule has 1 N–H and O–H groups in total. The van der Waals surface area contributed by atoms with Crippen molar-refractivity contribution < 1.29 is 18.3 Å². The van der Waals surface area contributed by atoms with Gasteiger partial charge in [-0.2, -0.15) is 13.2 Å². The molecule has 0 atom stereocenters. The Labute approximate surface area is 187 Å². The molecule has 5 rings (SSSR count). The predicted molar refractivity (Wildman–Crippen MR) is 120 cm³/mol. The standard InChI is InChI=1S/C26H16F3N3O/c27-26(28,29)18-12-10-16(11-13-18)20-14-30-23(17-6-2-1-3-7-17)21-15-31-25(32-24(20)21)19-8-4-5-9-22(19)33/h1-15,33H. The van der Waals surface area contributed by atoms with Crippen LogP contribution in [-0.2, 0) is 6.18 Å². The van der Waals surface area contributed by atoms with Gasteiger partial charge in [-0.25, -0.2) is 9.97 Å². The fourth-order valence-corrected chi connectivity index (χ4v) is 3.69. The molecule has 0 aliphatic heterocycles. The zero-order valence-corrected chi connectivity index (χ0v) is 17.1. The van der Waals surface area contributed by atoms with E-state index in [1.54, 1.807) is 36.7 Å². The van der Waals surface area contributed by atoms with E-state index in [0.29, 0.717) is 39.1 Å². The van der Waals surface area contributed by atoms with E-state index in [2.05, 4.69) is 9.97 Å². The number of halogens is 3. The van der Waals surface area contributed by atoms with Crippen molar-refractivity contribution >= 4 is 10.9 Å². The Kier molecular flexibility index (Phi) is 5.01. The summed E-state index contributed by atoms with van der Waals surface area (Å²) in [4.78, 5) is 13.7. The summed E-state index contributed by atoms with van der Waals surface area (Å²) in [6.45, 7) is 0. The van der Waals surface area contributed by atoms with E-state index in [4.69, 9.17) is 4.98 Å². The monoisotopic (exact) mass is 443 g/mol. The van der Waals surface area contributed by atoms with Crippen LogP contribution in [0.15, 0.2) is 91.3 Å². The summed E-state index contributed by atoms with van der Waals surface area (Å²) >= 11 is 0. The molecule has 0 saturated carbocycles. The lowest BCUT2D eigenvalue weighted by molar-refractivity contribution is -0.137. The third kappa shape index (κ3) is 3.89. The minimum absolute atomic E-state index is 0.0327. The number of hydrogen-bond acceptors (Lipinski definition) is 4. The molecule has 0 saturated heterocycles. The molecule has 3 aromatic carbocycles. The maximum atomic E-state index is 13.0. The molecule has 162 valence electrons. The van der Waals surface area contributed by atoms with Crippen molar-refractivity contribution in [1.29, 1.82) is 0 Å². The van der Waals surface area contributed by atoms with Gasteiger partial charge in [0.1, 0.15) is 5.75 Å². The van der Waals surface area contributed by atoms with Crippen molar-refractivity contribution in [3.05, 3.63) is 96.8 Å².